The Hall–Kier alpha value is -1.62. The van der Waals surface area contributed by atoms with Gasteiger partial charge in [0, 0.05) is 12.8 Å². The minimum Gasteiger partial charge on any atom is -0.494 e. The van der Waals surface area contributed by atoms with E-state index in [1.807, 2.05) is 0 Å². The molecule has 0 spiro atoms. The summed E-state index contributed by atoms with van der Waals surface area (Å²) in [5, 5.41) is 8.92. The van der Waals surface area contributed by atoms with Gasteiger partial charge in [0.15, 0.2) is 0 Å². The molecule has 0 radical (unpaired) electrons. The number of carboxylic acid groups (broad SMARTS) is 1. The number of hydrogen-bond acceptors (Lipinski definition) is 3. The van der Waals surface area contributed by atoms with E-state index in [0.717, 1.165) is 5.56 Å². The average Bonchev–Trinajstić information content (AvgIpc) is 2.31. The molecule has 0 aliphatic heterocycles. The summed E-state index contributed by atoms with van der Waals surface area (Å²) in [4.78, 5) is 10.9. The Morgan fingerprint density at radius 1 is 1.44 bits per heavy atom. The molecule has 0 saturated carbocycles. The van der Waals surface area contributed by atoms with Crippen molar-refractivity contribution in [3.05, 3.63) is 29.8 Å². The van der Waals surface area contributed by atoms with Crippen LogP contribution in [0.25, 0.3) is 0 Å². The minimum atomic E-state index is -1.28. The smallest absolute Gasteiger partial charge is 0.323 e. The first kappa shape index (κ1) is 14.4. The van der Waals surface area contributed by atoms with E-state index in [1.54, 1.807) is 24.3 Å². The molecule has 0 unspecified atom stereocenters. The van der Waals surface area contributed by atoms with E-state index in [0.29, 0.717) is 18.8 Å². The van der Waals surface area contributed by atoms with Crippen LogP contribution in [0, 0.1) is 0 Å². The molecule has 5 heteroatoms. The molecule has 1 aromatic rings. The molecule has 0 aromatic heterocycles. The van der Waals surface area contributed by atoms with E-state index in [4.69, 9.17) is 15.6 Å². The second kappa shape index (κ2) is 6.35. The molecule has 0 aliphatic rings. The molecule has 18 heavy (non-hydrogen) atoms. The van der Waals surface area contributed by atoms with Gasteiger partial charge in [-0.2, -0.15) is 0 Å². The van der Waals surface area contributed by atoms with Crippen molar-refractivity contribution >= 4 is 5.97 Å². The topological polar surface area (TPSA) is 72.5 Å². The Labute approximate surface area is 106 Å². The SMILES string of the molecule is C[C@](N)(Cc1ccc(OCCC[18F])cc1)C(=O)O. The van der Waals surface area contributed by atoms with Gasteiger partial charge < -0.3 is 15.6 Å². The van der Waals surface area contributed by atoms with E-state index < -0.39 is 18.2 Å². The Morgan fingerprint density at radius 2 is 2.06 bits per heavy atom. The molecule has 3 N–H and O–H groups in total. The lowest BCUT2D eigenvalue weighted by Gasteiger charge is -2.19. The first-order valence-electron chi connectivity index (χ1n) is 5.75. The van der Waals surface area contributed by atoms with Crippen molar-refractivity contribution in [2.75, 3.05) is 13.3 Å². The standard InChI is InChI=1S/C13H18FNO3/c1-13(15,12(16)17)9-10-3-5-11(6-4-10)18-8-2-7-14/h3-6H,2,7-9,15H2,1H3,(H,16,17)/t13-/m0/s1/i14-1. The fraction of sp³-hybridized carbons (Fsp3) is 0.462. The predicted octanol–water partition coefficient (Wildman–Crippen LogP) is 1.77. The molecule has 0 bridgehead atoms. The zero-order chi connectivity index (χ0) is 13.6. The third-order valence-corrected chi connectivity index (χ3v) is 2.53. The van der Waals surface area contributed by atoms with E-state index >= 15 is 0 Å². The van der Waals surface area contributed by atoms with Crippen molar-refractivity contribution in [1.29, 1.82) is 0 Å². The molecule has 100 valence electrons. The van der Waals surface area contributed by atoms with Gasteiger partial charge in [-0.1, -0.05) is 12.1 Å². The Morgan fingerprint density at radius 3 is 2.56 bits per heavy atom. The highest BCUT2D eigenvalue weighted by Crippen LogP contribution is 2.16. The highest BCUT2D eigenvalue weighted by molar-refractivity contribution is 5.78. The maximum atomic E-state index is 11.9. The number of aliphatic carboxylic acids is 1. The minimum absolute atomic E-state index is 0.243. The van der Waals surface area contributed by atoms with E-state index in [-0.39, 0.29) is 6.42 Å². The van der Waals surface area contributed by atoms with Crippen LogP contribution in [0.3, 0.4) is 0 Å². The van der Waals surface area contributed by atoms with E-state index in [1.165, 1.54) is 6.92 Å². The first-order chi connectivity index (χ1) is 8.45. The van der Waals surface area contributed by atoms with Crippen LogP contribution in [0.15, 0.2) is 24.3 Å². The Balaban J connectivity index is 2.57. The molecule has 0 aliphatic carbocycles. The quantitative estimate of drug-likeness (QED) is 0.727. The Kier molecular flexibility index (Phi) is 5.09. The molecule has 1 rings (SSSR count). The van der Waals surface area contributed by atoms with Gasteiger partial charge in [-0.05, 0) is 24.6 Å². The third kappa shape index (κ3) is 4.33. The van der Waals surface area contributed by atoms with Crippen LogP contribution in [0.1, 0.15) is 18.9 Å². The molecular formula is C13H18FNO3. The number of hydrogen-bond donors (Lipinski definition) is 2. The van der Waals surface area contributed by atoms with Gasteiger partial charge in [0.2, 0.25) is 0 Å². The third-order valence-electron chi connectivity index (χ3n) is 2.53. The molecule has 0 heterocycles. The fourth-order valence-electron chi connectivity index (χ4n) is 1.45. The number of nitrogens with two attached hydrogens (primary N) is 1. The summed E-state index contributed by atoms with van der Waals surface area (Å²) in [6, 6.07) is 6.98. The Bertz CT molecular complexity index is 390. The largest absolute Gasteiger partial charge is 0.494 e. The van der Waals surface area contributed by atoms with Crippen LogP contribution in [-0.2, 0) is 11.2 Å². The summed E-state index contributed by atoms with van der Waals surface area (Å²) in [6.45, 7) is 1.41. The van der Waals surface area contributed by atoms with Gasteiger partial charge in [0.25, 0.3) is 0 Å². The van der Waals surface area contributed by atoms with Crippen molar-refractivity contribution in [3.8, 4) is 5.75 Å². The zero-order valence-electron chi connectivity index (χ0n) is 10.4. The van der Waals surface area contributed by atoms with Crippen molar-refractivity contribution in [2.24, 2.45) is 5.73 Å². The summed E-state index contributed by atoms with van der Waals surface area (Å²) >= 11 is 0. The van der Waals surface area contributed by atoms with Gasteiger partial charge in [-0.25, -0.2) is 0 Å². The van der Waals surface area contributed by atoms with Gasteiger partial charge in [-0.15, -0.1) is 0 Å². The van der Waals surface area contributed by atoms with Crippen LogP contribution in [0.2, 0.25) is 0 Å². The van der Waals surface area contributed by atoms with Crippen LogP contribution in [0.4, 0.5) is 4.39 Å². The van der Waals surface area contributed by atoms with Crippen LogP contribution < -0.4 is 10.5 Å². The highest BCUT2D eigenvalue weighted by Gasteiger charge is 2.27. The first-order valence-corrected chi connectivity index (χ1v) is 5.75. The second-order valence-electron chi connectivity index (χ2n) is 4.43. The summed E-state index contributed by atoms with van der Waals surface area (Å²) in [5.74, 6) is -0.396. The monoisotopic (exact) mass is 254 g/mol. The predicted molar refractivity (Wildman–Crippen MR) is 66.5 cm³/mol. The van der Waals surface area contributed by atoms with Gasteiger partial charge in [-0.3, -0.25) is 9.18 Å². The molecule has 4 nitrogen and oxygen atoms in total. The normalized spacial score (nSPS) is 13.9. The lowest BCUT2D eigenvalue weighted by atomic mass is 9.94. The van der Waals surface area contributed by atoms with Crippen molar-refractivity contribution in [1.82, 2.24) is 0 Å². The summed E-state index contributed by atoms with van der Waals surface area (Å²) in [5.41, 5.74) is 5.19. The van der Waals surface area contributed by atoms with Crippen LogP contribution in [0.5, 0.6) is 5.75 Å². The number of halogens is 1. The average molecular weight is 254 g/mol. The molecular weight excluding hydrogens is 236 g/mol. The maximum Gasteiger partial charge on any atom is 0.323 e. The fourth-order valence-corrected chi connectivity index (χ4v) is 1.45. The van der Waals surface area contributed by atoms with Crippen LogP contribution >= 0.6 is 0 Å². The van der Waals surface area contributed by atoms with Gasteiger partial charge in [0.1, 0.15) is 11.3 Å². The van der Waals surface area contributed by atoms with Crippen LogP contribution in [-0.4, -0.2) is 29.9 Å². The molecule has 1 atom stereocenters. The van der Waals surface area contributed by atoms with E-state index in [2.05, 4.69) is 0 Å². The molecule has 0 amide bonds. The van der Waals surface area contributed by atoms with Gasteiger partial charge in [0.05, 0.1) is 13.3 Å². The highest BCUT2D eigenvalue weighted by atomic mass is 18.2. The molecule has 0 fully saturated rings. The zero-order valence-corrected chi connectivity index (χ0v) is 10.4. The van der Waals surface area contributed by atoms with Crippen molar-refractivity contribution in [2.45, 2.75) is 25.3 Å². The summed E-state index contributed by atoms with van der Waals surface area (Å²) < 4.78 is 17.2. The molecule has 1 aromatic carbocycles. The molecule has 0 saturated heterocycles. The lowest BCUT2D eigenvalue weighted by Crippen LogP contribution is -2.46. The maximum absolute atomic E-state index is 11.9. The number of ether oxygens (including phenoxy) is 1. The number of rotatable bonds is 7. The number of carboxylic acids is 1. The number of alkyl halides is 1. The number of carbonyl (C=O) groups is 1. The van der Waals surface area contributed by atoms with E-state index in [9.17, 15) is 9.18 Å². The number of benzene rings is 1. The lowest BCUT2D eigenvalue weighted by molar-refractivity contribution is -0.142. The van der Waals surface area contributed by atoms with Gasteiger partial charge >= 0.3 is 5.97 Å². The summed E-state index contributed by atoms with van der Waals surface area (Å²) in [7, 11) is 0. The van der Waals surface area contributed by atoms with Crippen molar-refractivity contribution < 1.29 is 19.0 Å². The summed E-state index contributed by atoms with van der Waals surface area (Å²) in [6.07, 6.45) is 0.606. The van der Waals surface area contributed by atoms with Crippen molar-refractivity contribution in [3.63, 3.8) is 0 Å². The second-order valence-corrected chi connectivity index (χ2v) is 4.43.